The van der Waals surface area contributed by atoms with E-state index in [0.29, 0.717) is 5.56 Å². The third-order valence-corrected chi connectivity index (χ3v) is 2.02. The second-order valence-electron chi connectivity index (χ2n) is 2.83. The fraction of sp³-hybridized carbons (Fsp3) is 0. The summed E-state index contributed by atoms with van der Waals surface area (Å²) in [4.78, 5) is 10.8. The van der Waals surface area contributed by atoms with E-state index in [-0.39, 0.29) is 0 Å². The fourth-order valence-corrected chi connectivity index (χ4v) is 1.41. The van der Waals surface area contributed by atoms with Crippen LogP contribution in [-0.4, -0.2) is 11.1 Å². The molecule has 19 heavy (non-hydrogen) atoms. The predicted octanol–water partition coefficient (Wildman–Crippen LogP) is 4.94. The summed E-state index contributed by atoms with van der Waals surface area (Å²) in [6.45, 7) is 18.0. The maximum atomic E-state index is 10.8. The molecule has 0 radical (unpaired) electrons. The third kappa shape index (κ3) is 5.50. The Morgan fingerprint density at radius 3 is 1.79 bits per heavy atom. The molecule has 0 aliphatic carbocycles. The van der Waals surface area contributed by atoms with Gasteiger partial charge in [0.1, 0.15) is 0 Å². The van der Waals surface area contributed by atoms with Crippen molar-refractivity contribution in [3.63, 3.8) is 0 Å². The summed E-state index contributed by atoms with van der Waals surface area (Å²) in [5, 5.41) is 10.6. The molecule has 0 heterocycles. The van der Waals surface area contributed by atoms with Crippen molar-refractivity contribution < 1.29 is 9.90 Å². The van der Waals surface area contributed by atoms with E-state index in [9.17, 15) is 4.79 Å². The minimum Gasteiger partial charge on any atom is -0.478 e. The van der Waals surface area contributed by atoms with Crippen molar-refractivity contribution >= 4 is 16.7 Å². The van der Waals surface area contributed by atoms with Crippen LogP contribution < -0.4 is 0 Å². The first kappa shape index (κ1) is 18.7. The first-order valence-corrected chi connectivity index (χ1v) is 5.50. The normalized spacial score (nSPS) is 7.58. The second kappa shape index (κ2) is 11.9. The molecule has 2 aromatic carbocycles. The molecule has 0 amide bonds. The van der Waals surface area contributed by atoms with Gasteiger partial charge in [0.15, 0.2) is 0 Å². The minimum absolute atomic E-state index is 0.359. The number of hydrogen-bond donors (Lipinski definition) is 1. The Hall–Kier alpha value is -2.61. The van der Waals surface area contributed by atoms with Crippen LogP contribution in [0.3, 0.4) is 0 Å². The number of carboxylic acid groups (broad SMARTS) is 1. The molecule has 2 aromatic rings. The lowest BCUT2D eigenvalue weighted by molar-refractivity contribution is 0.0699. The van der Waals surface area contributed by atoms with E-state index in [1.807, 2.05) is 30.3 Å². The molecule has 0 saturated carbocycles. The van der Waals surface area contributed by atoms with Gasteiger partial charge in [-0.25, -0.2) is 4.79 Å². The quantitative estimate of drug-likeness (QED) is 0.733. The molecule has 0 aliphatic heterocycles. The van der Waals surface area contributed by atoms with Crippen molar-refractivity contribution in [3.05, 3.63) is 87.5 Å². The molecule has 2 rings (SSSR count). The van der Waals surface area contributed by atoms with E-state index < -0.39 is 5.97 Å². The molecule has 100 valence electrons. The van der Waals surface area contributed by atoms with Crippen LogP contribution in [0.5, 0.6) is 0 Å². The van der Waals surface area contributed by atoms with Gasteiger partial charge in [0, 0.05) is 0 Å². The van der Waals surface area contributed by atoms with Gasteiger partial charge in [-0.2, -0.15) is 0 Å². The Balaban J connectivity index is 0. The molecular formula is C17H20O2. The molecule has 0 spiro atoms. The standard InChI is InChI=1S/C11H8O2.3C2H4/c12-11(13)10-7-3-5-8-4-1-2-6-9(8)10;3*1-2/h1-7H,(H,12,13);3*1-2H2. The molecule has 0 saturated heterocycles. The summed E-state index contributed by atoms with van der Waals surface area (Å²) in [6, 6.07) is 12.7. The molecule has 2 nitrogen and oxygen atoms in total. The van der Waals surface area contributed by atoms with Crippen LogP contribution in [0.15, 0.2) is 81.9 Å². The van der Waals surface area contributed by atoms with Crippen molar-refractivity contribution in [2.24, 2.45) is 0 Å². The summed E-state index contributed by atoms with van der Waals surface area (Å²) >= 11 is 0. The van der Waals surface area contributed by atoms with Crippen LogP contribution >= 0.6 is 0 Å². The molecule has 0 atom stereocenters. The highest BCUT2D eigenvalue weighted by molar-refractivity contribution is 6.03. The van der Waals surface area contributed by atoms with Gasteiger partial charge in [0.25, 0.3) is 0 Å². The summed E-state index contributed by atoms with van der Waals surface area (Å²) in [5.74, 6) is -0.878. The van der Waals surface area contributed by atoms with Crippen molar-refractivity contribution in [3.8, 4) is 0 Å². The molecular weight excluding hydrogens is 236 g/mol. The van der Waals surface area contributed by atoms with E-state index in [1.165, 1.54) is 0 Å². The highest BCUT2D eigenvalue weighted by atomic mass is 16.4. The second-order valence-corrected chi connectivity index (χ2v) is 2.83. The Kier molecular flexibility index (Phi) is 11.7. The number of carbonyl (C=O) groups is 1. The molecule has 2 heteroatoms. The Bertz CT molecular complexity index is 493. The van der Waals surface area contributed by atoms with E-state index in [4.69, 9.17) is 5.11 Å². The molecule has 0 aliphatic rings. The molecule has 0 fully saturated rings. The number of benzene rings is 2. The van der Waals surface area contributed by atoms with Crippen molar-refractivity contribution in [1.29, 1.82) is 0 Å². The highest BCUT2D eigenvalue weighted by Gasteiger charge is 2.05. The Labute approximate surface area is 115 Å². The zero-order valence-electron chi connectivity index (χ0n) is 11.1. The largest absolute Gasteiger partial charge is 0.478 e. The number of aromatic carboxylic acids is 1. The summed E-state index contributed by atoms with van der Waals surface area (Å²) in [5.41, 5.74) is 0.359. The van der Waals surface area contributed by atoms with Gasteiger partial charge >= 0.3 is 5.97 Å². The number of rotatable bonds is 1. The summed E-state index contributed by atoms with van der Waals surface area (Å²) < 4.78 is 0. The molecule has 0 bridgehead atoms. The zero-order chi connectivity index (χ0) is 15.3. The molecule has 0 unspecified atom stereocenters. The number of carboxylic acids is 1. The summed E-state index contributed by atoms with van der Waals surface area (Å²) in [6.07, 6.45) is 0. The summed E-state index contributed by atoms with van der Waals surface area (Å²) in [7, 11) is 0. The average Bonchev–Trinajstić information content (AvgIpc) is 2.52. The van der Waals surface area contributed by atoms with Crippen LogP contribution in [0.1, 0.15) is 10.4 Å². The van der Waals surface area contributed by atoms with E-state index in [2.05, 4.69) is 39.5 Å². The van der Waals surface area contributed by atoms with Gasteiger partial charge in [0.2, 0.25) is 0 Å². The van der Waals surface area contributed by atoms with Crippen molar-refractivity contribution in [2.45, 2.75) is 0 Å². The lowest BCUT2D eigenvalue weighted by atomic mass is 10.1. The van der Waals surface area contributed by atoms with E-state index in [1.54, 1.807) is 12.1 Å². The average molecular weight is 256 g/mol. The van der Waals surface area contributed by atoms with Crippen LogP contribution in [0.4, 0.5) is 0 Å². The third-order valence-electron chi connectivity index (χ3n) is 2.02. The maximum Gasteiger partial charge on any atom is 0.336 e. The van der Waals surface area contributed by atoms with Crippen LogP contribution in [0.25, 0.3) is 10.8 Å². The monoisotopic (exact) mass is 256 g/mol. The van der Waals surface area contributed by atoms with Gasteiger partial charge < -0.3 is 5.11 Å². The first-order valence-electron chi connectivity index (χ1n) is 5.50. The van der Waals surface area contributed by atoms with Gasteiger partial charge in [-0.3, -0.25) is 0 Å². The van der Waals surface area contributed by atoms with E-state index >= 15 is 0 Å². The van der Waals surface area contributed by atoms with Crippen molar-refractivity contribution in [1.82, 2.24) is 0 Å². The SMILES string of the molecule is C=C.C=C.C=C.O=C(O)c1cccc2ccccc12. The maximum absolute atomic E-state index is 10.8. The lowest BCUT2D eigenvalue weighted by Gasteiger charge is -2.00. The first-order chi connectivity index (χ1) is 9.29. The van der Waals surface area contributed by atoms with Gasteiger partial charge in [-0.05, 0) is 16.8 Å². The van der Waals surface area contributed by atoms with Crippen LogP contribution in [0, 0.1) is 0 Å². The topological polar surface area (TPSA) is 37.3 Å². The lowest BCUT2D eigenvalue weighted by Crippen LogP contribution is -1.96. The van der Waals surface area contributed by atoms with E-state index in [0.717, 1.165) is 10.8 Å². The van der Waals surface area contributed by atoms with Crippen molar-refractivity contribution in [2.75, 3.05) is 0 Å². The Morgan fingerprint density at radius 1 is 0.789 bits per heavy atom. The van der Waals surface area contributed by atoms with Gasteiger partial charge in [-0.1, -0.05) is 36.4 Å². The number of hydrogen-bond acceptors (Lipinski definition) is 1. The van der Waals surface area contributed by atoms with Gasteiger partial charge in [-0.15, -0.1) is 39.5 Å². The molecule has 0 aromatic heterocycles. The minimum atomic E-state index is -0.878. The smallest absolute Gasteiger partial charge is 0.336 e. The zero-order valence-corrected chi connectivity index (χ0v) is 11.1. The van der Waals surface area contributed by atoms with Crippen LogP contribution in [-0.2, 0) is 0 Å². The predicted molar refractivity (Wildman–Crippen MR) is 84.7 cm³/mol. The Morgan fingerprint density at radius 2 is 1.26 bits per heavy atom. The van der Waals surface area contributed by atoms with Gasteiger partial charge in [0.05, 0.1) is 5.56 Å². The fourth-order valence-electron chi connectivity index (χ4n) is 1.41. The number of fused-ring (bicyclic) bond motifs is 1. The highest BCUT2D eigenvalue weighted by Crippen LogP contribution is 2.17. The molecule has 1 N–H and O–H groups in total. The van der Waals surface area contributed by atoms with Crippen LogP contribution in [0.2, 0.25) is 0 Å².